The minimum atomic E-state index is 0.0456. The van der Waals surface area contributed by atoms with Gasteiger partial charge in [0.05, 0.1) is 12.3 Å². The standard InChI is InChI=1S/C7H8N2O/c10-5-1-2-7-3-4-8-6-9-7/h1-4,6,10H,5H2. The van der Waals surface area contributed by atoms with Gasteiger partial charge in [-0.3, -0.25) is 0 Å². The summed E-state index contributed by atoms with van der Waals surface area (Å²) in [6, 6.07) is 1.77. The Morgan fingerprint density at radius 3 is 3.10 bits per heavy atom. The molecule has 0 spiro atoms. The van der Waals surface area contributed by atoms with Crippen molar-refractivity contribution in [1.29, 1.82) is 0 Å². The molecule has 3 nitrogen and oxygen atoms in total. The molecule has 0 bridgehead atoms. The summed E-state index contributed by atoms with van der Waals surface area (Å²) in [5.74, 6) is 0. The van der Waals surface area contributed by atoms with E-state index in [1.807, 2.05) is 0 Å². The van der Waals surface area contributed by atoms with Crippen molar-refractivity contribution in [2.45, 2.75) is 0 Å². The van der Waals surface area contributed by atoms with E-state index in [4.69, 9.17) is 5.11 Å². The lowest BCUT2D eigenvalue weighted by Gasteiger charge is -1.86. The van der Waals surface area contributed by atoms with Crippen LogP contribution in [0.2, 0.25) is 0 Å². The Balaban J connectivity index is 2.67. The molecule has 1 N–H and O–H groups in total. The topological polar surface area (TPSA) is 46.0 Å². The number of hydrogen-bond acceptors (Lipinski definition) is 3. The molecule has 0 aliphatic rings. The van der Waals surface area contributed by atoms with E-state index in [1.54, 1.807) is 24.4 Å². The Morgan fingerprint density at radius 2 is 2.50 bits per heavy atom. The number of aliphatic hydroxyl groups excluding tert-OH is 1. The molecule has 0 amide bonds. The van der Waals surface area contributed by atoms with Crippen LogP contribution in [0.25, 0.3) is 6.08 Å². The lowest BCUT2D eigenvalue weighted by Crippen LogP contribution is -1.80. The molecule has 0 saturated carbocycles. The van der Waals surface area contributed by atoms with E-state index in [0.29, 0.717) is 0 Å². The molecule has 0 unspecified atom stereocenters. The number of rotatable bonds is 2. The van der Waals surface area contributed by atoms with Crippen LogP contribution in [-0.2, 0) is 0 Å². The van der Waals surface area contributed by atoms with E-state index < -0.39 is 0 Å². The van der Waals surface area contributed by atoms with E-state index in [9.17, 15) is 0 Å². The maximum atomic E-state index is 8.40. The fourth-order valence-corrected chi connectivity index (χ4v) is 0.573. The third-order valence-electron chi connectivity index (χ3n) is 0.999. The largest absolute Gasteiger partial charge is 0.392 e. The Labute approximate surface area is 59.1 Å². The Bertz CT molecular complexity index is 208. The number of hydrogen-bond donors (Lipinski definition) is 1. The molecule has 0 atom stereocenters. The molecule has 0 saturated heterocycles. The van der Waals surface area contributed by atoms with Crippen LogP contribution in [0.4, 0.5) is 0 Å². The van der Waals surface area contributed by atoms with Gasteiger partial charge in [0.25, 0.3) is 0 Å². The van der Waals surface area contributed by atoms with Crippen LogP contribution in [0.5, 0.6) is 0 Å². The monoisotopic (exact) mass is 136 g/mol. The molecule has 10 heavy (non-hydrogen) atoms. The second-order valence-electron chi connectivity index (χ2n) is 1.72. The van der Waals surface area contributed by atoms with Gasteiger partial charge in [-0.05, 0) is 12.1 Å². The van der Waals surface area contributed by atoms with Gasteiger partial charge in [-0.15, -0.1) is 0 Å². The summed E-state index contributed by atoms with van der Waals surface area (Å²) in [6.45, 7) is 0.0456. The van der Waals surface area contributed by atoms with E-state index in [2.05, 4.69) is 9.97 Å². The van der Waals surface area contributed by atoms with Crippen molar-refractivity contribution in [1.82, 2.24) is 9.97 Å². The molecule has 52 valence electrons. The minimum absolute atomic E-state index is 0.0456. The third kappa shape index (κ3) is 1.95. The molecular formula is C7H8N2O. The van der Waals surface area contributed by atoms with Crippen molar-refractivity contribution in [3.63, 3.8) is 0 Å². The molecule has 0 aliphatic heterocycles. The van der Waals surface area contributed by atoms with Crippen LogP contribution in [0.1, 0.15) is 5.69 Å². The summed E-state index contributed by atoms with van der Waals surface area (Å²) in [4.78, 5) is 7.65. The van der Waals surface area contributed by atoms with Gasteiger partial charge in [0.15, 0.2) is 0 Å². The van der Waals surface area contributed by atoms with Crippen LogP contribution in [-0.4, -0.2) is 21.7 Å². The van der Waals surface area contributed by atoms with Crippen LogP contribution in [0.15, 0.2) is 24.7 Å². The molecule has 1 rings (SSSR count). The quantitative estimate of drug-likeness (QED) is 0.643. The van der Waals surface area contributed by atoms with Gasteiger partial charge in [0, 0.05) is 6.20 Å². The zero-order chi connectivity index (χ0) is 7.23. The fraction of sp³-hybridized carbons (Fsp3) is 0.143. The highest BCUT2D eigenvalue weighted by Gasteiger charge is 1.81. The summed E-state index contributed by atoms with van der Waals surface area (Å²) in [5, 5.41) is 8.40. The van der Waals surface area contributed by atoms with Gasteiger partial charge < -0.3 is 5.11 Å². The number of aliphatic hydroxyl groups is 1. The van der Waals surface area contributed by atoms with Crippen molar-refractivity contribution < 1.29 is 5.11 Å². The average Bonchev–Trinajstić information content (AvgIpc) is 2.03. The maximum absolute atomic E-state index is 8.40. The zero-order valence-electron chi connectivity index (χ0n) is 5.44. The van der Waals surface area contributed by atoms with Crippen molar-refractivity contribution in [2.75, 3.05) is 6.61 Å². The maximum Gasteiger partial charge on any atom is 0.115 e. The number of aromatic nitrogens is 2. The highest BCUT2D eigenvalue weighted by atomic mass is 16.2. The Hall–Kier alpha value is -1.22. The van der Waals surface area contributed by atoms with E-state index in [0.717, 1.165) is 5.69 Å². The second-order valence-corrected chi connectivity index (χ2v) is 1.72. The summed E-state index contributed by atoms with van der Waals surface area (Å²) >= 11 is 0. The molecule has 3 heteroatoms. The van der Waals surface area contributed by atoms with Crippen LogP contribution in [0.3, 0.4) is 0 Å². The molecule has 0 fully saturated rings. The van der Waals surface area contributed by atoms with E-state index >= 15 is 0 Å². The third-order valence-corrected chi connectivity index (χ3v) is 0.999. The Kier molecular flexibility index (Phi) is 2.58. The lowest BCUT2D eigenvalue weighted by molar-refractivity contribution is 0.343. The average molecular weight is 136 g/mol. The molecular weight excluding hydrogens is 128 g/mol. The Morgan fingerprint density at radius 1 is 1.60 bits per heavy atom. The van der Waals surface area contributed by atoms with E-state index in [-0.39, 0.29) is 6.61 Å². The zero-order valence-corrected chi connectivity index (χ0v) is 5.44. The van der Waals surface area contributed by atoms with Crippen molar-refractivity contribution in [2.24, 2.45) is 0 Å². The fourth-order valence-electron chi connectivity index (χ4n) is 0.573. The first kappa shape index (κ1) is 6.89. The molecule has 0 aromatic carbocycles. The lowest BCUT2D eigenvalue weighted by atomic mass is 10.4. The first-order valence-corrected chi connectivity index (χ1v) is 2.97. The molecule has 1 aromatic heterocycles. The second kappa shape index (κ2) is 3.74. The van der Waals surface area contributed by atoms with Crippen LogP contribution < -0.4 is 0 Å². The van der Waals surface area contributed by atoms with Crippen LogP contribution >= 0.6 is 0 Å². The summed E-state index contributed by atoms with van der Waals surface area (Å²) in [7, 11) is 0. The van der Waals surface area contributed by atoms with E-state index in [1.165, 1.54) is 6.33 Å². The SMILES string of the molecule is OCC=Cc1ccncn1. The van der Waals surface area contributed by atoms with Crippen molar-refractivity contribution in [3.8, 4) is 0 Å². The molecule has 0 aliphatic carbocycles. The van der Waals surface area contributed by atoms with Gasteiger partial charge >= 0.3 is 0 Å². The summed E-state index contributed by atoms with van der Waals surface area (Å²) in [5.41, 5.74) is 0.809. The summed E-state index contributed by atoms with van der Waals surface area (Å²) in [6.07, 6.45) is 6.49. The highest BCUT2D eigenvalue weighted by molar-refractivity contribution is 5.42. The van der Waals surface area contributed by atoms with Gasteiger partial charge in [0.2, 0.25) is 0 Å². The van der Waals surface area contributed by atoms with Gasteiger partial charge in [0.1, 0.15) is 6.33 Å². The molecule has 1 aromatic rings. The predicted octanol–water partition coefficient (Wildman–Crippen LogP) is 0.482. The van der Waals surface area contributed by atoms with Gasteiger partial charge in [-0.1, -0.05) is 6.08 Å². The minimum Gasteiger partial charge on any atom is -0.392 e. The summed E-state index contributed by atoms with van der Waals surface area (Å²) < 4.78 is 0. The first-order valence-electron chi connectivity index (χ1n) is 2.97. The van der Waals surface area contributed by atoms with Gasteiger partial charge in [-0.25, -0.2) is 9.97 Å². The highest BCUT2D eigenvalue weighted by Crippen LogP contribution is 1.92. The van der Waals surface area contributed by atoms with Crippen molar-refractivity contribution >= 4 is 6.08 Å². The smallest absolute Gasteiger partial charge is 0.115 e. The van der Waals surface area contributed by atoms with Crippen LogP contribution in [0, 0.1) is 0 Å². The normalized spacial score (nSPS) is 10.5. The van der Waals surface area contributed by atoms with Gasteiger partial charge in [-0.2, -0.15) is 0 Å². The number of nitrogens with zero attached hydrogens (tertiary/aromatic N) is 2. The van der Waals surface area contributed by atoms with Crippen molar-refractivity contribution in [3.05, 3.63) is 30.4 Å². The first-order chi connectivity index (χ1) is 4.93. The molecule has 1 heterocycles. The molecule has 0 radical (unpaired) electrons. The predicted molar refractivity (Wildman–Crippen MR) is 38.2 cm³/mol.